The van der Waals surface area contributed by atoms with Crippen molar-refractivity contribution in [3.8, 4) is 0 Å². The molecule has 1 aliphatic heterocycles. The fraction of sp³-hybridized carbons (Fsp3) is 0.611. The summed E-state index contributed by atoms with van der Waals surface area (Å²) in [6.07, 6.45) is 6.88. The van der Waals surface area contributed by atoms with Crippen LogP contribution in [-0.2, 0) is 11.2 Å². The molecule has 2 unspecified atom stereocenters. The summed E-state index contributed by atoms with van der Waals surface area (Å²) in [6, 6.07) is 10.9. The van der Waals surface area contributed by atoms with Gasteiger partial charge in [-0.15, -0.1) is 0 Å². The second-order valence-electron chi connectivity index (χ2n) is 6.49. The molecule has 1 aromatic carbocycles. The first-order valence-electron chi connectivity index (χ1n) is 8.35. The summed E-state index contributed by atoms with van der Waals surface area (Å²) in [5.41, 5.74) is 1.32. The molecule has 1 saturated carbocycles. The van der Waals surface area contributed by atoms with Crippen LogP contribution < -0.4 is 5.32 Å². The standard InChI is InChI=1S/C18H26N2O/c1-2-16(12-15-8-9-15)20-13-19-17(18(20)21)11-10-14-6-4-3-5-7-14/h3-7,15-17,19H,2,8-13H2,1H3. The van der Waals surface area contributed by atoms with Gasteiger partial charge in [-0.3, -0.25) is 10.1 Å². The zero-order valence-corrected chi connectivity index (χ0v) is 12.9. The molecule has 0 spiro atoms. The SMILES string of the molecule is CCC(CC1CC1)N1CNC(CCc2ccccc2)C1=O. The third-order valence-corrected chi connectivity index (χ3v) is 4.87. The Hall–Kier alpha value is -1.35. The minimum absolute atomic E-state index is 0.0125. The quantitative estimate of drug-likeness (QED) is 0.836. The molecule has 0 aromatic heterocycles. The molecule has 2 atom stereocenters. The highest BCUT2D eigenvalue weighted by atomic mass is 16.2. The van der Waals surface area contributed by atoms with Crippen LogP contribution in [0.2, 0.25) is 0 Å². The van der Waals surface area contributed by atoms with Crippen LogP contribution in [-0.4, -0.2) is 29.6 Å². The first kappa shape index (κ1) is 14.6. The van der Waals surface area contributed by atoms with Crippen LogP contribution in [0.1, 0.15) is 44.6 Å². The van der Waals surface area contributed by atoms with Crippen molar-refractivity contribution in [1.29, 1.82) is 0 Å². The zero-order chi connectivity index (χ0) is 14.7. The van der Waals surface area contributed by atoms with Gasteiger partial charge in [-0.05, 0) is 37.2 Å². The van der Waals surface area contributed by atoms with Gasteiger partial charge in [-0.2, -0.15) is 0 Å². The second-order valence-corrected chi connectivity index (χ2v) is 6.49. The van der Waals surface area contributed by atoms with E-state index in [0.29, 0.717) is 11.9 Å². The minimum atomic E-state index is 0.0125. The van der Waals surface area contributed by atoms with E-state index < -0.39 is 0 Å². The number of benzene rings is 1. The normalized spacial score (nSPS) is 23.6. The molecule has 21 heavy (non-hydrogen) atoms. The van der Waals surface area contributed by atoms with Gasteiger partial charge in [-0.1, -0.05) is 50.1 Å². The summed E-state index contributed by atoms with van der Waals surface area (Å²) in [7, 11) is 0. The Balaban J connectivity index is 1.52. The Labute approximate surface area is 127 Å². The molecule has 114 valence electrons. The lowest BCUT2D eigenvalue weighted by Crippen LogP contribution is -2.38. The minimum Gasteiger partial charge on any atom is -0.326 e. The predicted molar refractivity (Wildman–Crippen MR) is 84.8 cm³/mol. The second kappa shape index (κ2) is 6.61. The molecular weight excluding hydrogens is 260 g/mol. The van der Waals surface area contributed by atoms with Crippen LogP contribution in [0.3, 0.4) is 0 Å². The summed E-state index contributed by atoms with van der Waals surface area (Å²) in [6.45, 7) is 2.95. The molecular formula is C18H26N2O. The molecule has 1 saturated heterocycles. The Morgan fingerprint density at radius 1 is 1.29 bits per heavy atom. The number of hydrogen-bond acceptors (Lipinski definition) is 2. The summed E-state index contributed by atoms with van der Waals surface area (Å²) in [5.74, 6) is 1.20. The number of carbonyl (C=O) groups excluding carboxylic acids is 1. The van der Waals surface area contributed by atoms with Gasteiger partial charge in [0.1, 0.15) is 0 Å². The summed E-state index contributed by atoms with van der Waals surface area (Å²) in [4.78, 5) is 14.7. The first-order valence-corrected chi connectivity index (χ1v) is 8.35. The Morgan fingerprint density at radius 3 is 2.71 bits per heavy atom. The van der Waals surface area contributed by atoms with Gasteiger partial charge in [-0.25, -0.2) is 0 Å². The number of amides is 1. The van der Waals surface area contributed by atoms with Crippen molar-refractivity contribution >= 4 is 5.91 Å². The summed E-state index contributed by atoms with van der Waals surface area (Å²) < 4.78 is 0. The van der Waals surface area contributed by atoms with Crippen LogP contribution in [0.25, 0.3) is 0 Å². The summed E-state index contributed by atoms with van der Waals surface area (Å²) in [5, 5.41) is 3.41. The maximum absolute atomic E-state index is 12.6. The maximum Gasteiger partial charge on any atom is 0.241 e. The lowest BCUT2D eigenvalue weighted by Gasteiger charge is -2.26. The average molecular weight is 286 g/mol. The van der Waals surface area contributed by atoms with Gasteiger partial charge in [0.05, 0.1) is 12.7 Å². The average Bonchev–Trinajstić information content (AvgIpc) is 3.27. The number of aryl methyl sites for hydroxylation is 1. The molecule has 1 heterocycles. The fourth-order valence-corrected chi connectivity index (χ4v) is 3.32. The van der Waals surface area contributed by atoms with E-state index in [4.69, 9.17) is 0 Å². The molecule has 0 bridgehead atoms. The van der Waals surface area contributed by atoms with Gasteiger partial charge in [0.15, 0.2) is 0 Å². The molecule has 3 rings (SSSR count). The zero-order valence-electron chi connectivity index (χ0n) is 12.9. The van der Waals surface area contributed by atoms with Gasteiger partial charge in [0.25, 0.3) is 0 Å². The largest absolute Gasteiger partial charge is 0.326 e. The van der Waals surface area contributed by atoms with Crippen LogP contribution in [0.15, 0.2) is 30.3 Å². The van der Waals surface area contributed by atoms with Gasteiger partial charge in [0.2, 0.25) is 5.91 Å². The van der Waals surface area contributed by atoms with E-state index in [9.17, 15) is 4.79 Å². The maximum atomic E-state index is 12.6. The monoisotopic (exact) mass is 286 g/mol. The number of nitrogens with zero attached hydrogens (tertiary/aromatic N) is 1. The van der Waals surface area contributed by atoms with E-state index in [0.717, 1.165) is 31.8 Å². The van der Waals surface area contributed by atoms with E-state index in [1.54, 1.807) is 0 Å². The summed E-state index contributed by atoms with van der Waals surface area (Å²) >= 11 is 0. The van der Waals surface area contributed by atoms with E-state index in [2.05, 4.69) is 41.4 Å². The fourth-order valence-electron chi connectivity index (χ4n) is 3.32. The van der Waals surface area contributed by atoms with E-state index >= 15 is 0 Å². The molecule has 2 fully saturated rings. The molecule has 0 radical (unpaired) electrons. The van der Waals surface area contributed by atoms with Gasteiger partial charge >= 0.3 is 0 Å². The van der Waals surface area contributed by atoms with Crippen LogP contribution in [0.4, 0.5) is 0 Å². The predicted octanol–water partition coefficient (Wildman–Crippen LogP) is 2.96. The topological polar surface area (TPSA) is 32.3 Å². The molecule has 1 amide bonds. The van der Waals surface area contributed by atoms with E-state index in [1.807, 2.05) is 6.07 Å². The number of hydrogen-bond donors (Lipinski definition) is 1. The third-order valence-electron chi connectivity index (χ3n) is 4.87. The molecule has 1 aromatic rings. The van der Waals surface area contributed by atoms with Crippen LogP contribution >= 0.6 is 0 Å². The number of rotatable bonds is 7. The molecule has 2 aliphatic rings. The molecule has 3 heteroatoms. The van der Waals surface area contributed by atoms with Crippen molar-refractivity contribution in [1.82, 2.24) is 10.2 Å². The molecule has 1 aliphatic carbocycles. The van der Waals surface area contributed by atoms with Crippen molar-refractivity contribution in [2.24, 2.45) is 5.92 Å². The van der Waals surface area contributed by atoms with Crippen molar-refractivity contribution in [3.05, 3.63) is 35.9 Å². The van der Waals surface area contributed by atoms with Crippen molar-refractivity contribution in [2.45, 2.75) is 57.5 Å². The van der Waals surface area contributed by atoms with Crippen molar-refractivity contribution in [3.63, 3.8) is 0 Å². The molecule has 1 N–H and O–H groups in total. The highest BCUT2D eigenvalue weighted by Crippen LogP contribution is 2.35. The Bertz CT molecular complexity index is 469. The Kier molecular flexibility index (Phi) is 4.59. The Morgan fingerprint density at radius 2 is 2.05 bits per heavy atom. The van der Waals surface area contributed by atoms with E-state index in [-0.39, 0.29) is 6.04 Å². The number of carbonyl (C=O) groups is 1. The number of nitrogens with one attached hydrogen (secondary N) is 1. The van der Waals surface area contributed by atoms with Crippen LogP contribution in [0.5, 0.6) is 0 Å². The third kappa shape index (κ3) is 3.65. The highest BCUT2D eigenvalue weighted by Gasteiger charge is 2.36. The van der Waals surface area contributed by atoms with Gasteiger partial charge in [0, 0.05) is 6.04 Å². The molecule has 3 nitrogen and oxygen atoms in total. The van der Waals surface area contributed by atoms with Gasteiger partial charge < -0.3 is 4.90 Å². The lowest BCUT2D eigenvalue weighted by molar-refractivity contribution is -0.131. The first-order chi connectivity index (χ1) is 10.3. The highest BCUT2D eigenvalue weighted by molar-refractivity contribution is 5.84. The smallest absolute Gasteiger partial charge is 0.241 e. The lowest BCUT2D eigenvalue weighted by atomic mass is 10.0. The van der Waals surface area contributed by atoms with E-state index in [1.165, 1.54) is 24.8 Å². The van der Waals surface area contributed by atoms with Crippen molar-refractivity contribution < 1.29 is 4.79 Å². The van der Waals surface area contributed by atoms with Crippen LogP contribution in [0, 0.1) is 5.92 Å². The van der Waals surface area contributed by atoms with Crippen molar-refractivity contribution in [2.75, 3.05) is 6.67 Å².